The highest BCUT2D eigenvalue weighted by Gasteiger charge is 2.20. The number of unbranched alkanes of at least 4 members (excludes halogenated alkanes) is 4. The van der Waals surface area contributed by atoms with E-state index in [2.05, 4.69) is 22.8 Å². The second kappa shape index (κ2) is 12.4. The van der Waals surface area contributed by atoms with Crippen LogP contribution in [0.2, 0.25) is 5.02 Å². The summed E-state index contributed by atoms with van der Waals surface area (Å²) in [6.07, 6.45) is 8.67. The van der Waals surface area contributed by atoms with E-state index in [-0.39, 0.29) is 12.3 Å². The number of aliphatic carboxylic acids is 1. The number of carboxylic acids is 1. The number of carbonyl (C=O) groups is 2. The van der Waals surface area contributed by atoms with Crippen molar-refractivity contribution in [2.45, 2.75) is 70.3 Å². The third kappa shape index (κ3) is 7.52. The SMILES string of the molecule is O=C(Cc1ccccc1Cl)N[C@@H](CCCCCCCc1ccc2c(n1)NCCC2)C(=O)O. The first-order valence-electron chi connectivity index (χ1n) is 11.5. The molecule has 1 atom stereocenters. The minimum absolute atomic E-state index is 0.0791. The first-order valence-corrected chi connectivity index (χ1v) is 11.9. The Kier molecular flexibility index (Phi) is 9.35. The molecule has 0 saturated carbocycles. The lowest BCUT2D eigenvalue weighted by Gasteiger charge is -2.17. The minimum atomic E-state index is -0.996. The number of aryl methyl sites for hydroxylation is 2. The molecule has 6 nitrogen and oxygen atoms in total. The molecule has 1 aromatic carbocycles. The molecule has 172 valence electrons. The Morgan fingerprint density at radius 2 is 1.88 bits per heavy atom. The lowest BCUT2D eigenvalue weighted by Crippen LogP contribution is -2.41. The number of pyridine rings is 1. The van der Waals surface area contributed by atoms with Crippen LogP contribution in [0, 0.1) is 0 Å². The summed E-state index contributed by atoms with van der Waals surface area (Å²) in [5.41, 5.74) is 3.14. The van der Waals surface area contributed by atoms with Crippen LogP contribution in [0.5, 0.6) is 0 Å². The van der Waals surface area contributed by atoms with Gasteiger partial charge in [-0.3, -0.25) is 4.79 Å². The van der Waals surface area contributed by atoms with E-state index in [4.69, 9.17) is 16.6 Å². The summed E-state index contributed by atoms with van der Waals surface area (Å²) >= 11 is 6.08. The van der Waals surface area contributed by atoms with Gasteiger partial charge in [-0.2, -0.15) is 0 Å². The van der Waals surface area contributed by atoms with Crippen LogP contribution < -0.4 is 10.6 Å². The number of fused-ring (bicyclic) bond motifs is 1. The fourth-order valence-corrected chi connectivity index (χ4v) is 4.21. The lowest BCUT2D eigenvalue weighted by molar-refractivity contribution is -0.142. The Morgan fingerprint density at radius 3 is 2.69 bits per heavy atom. The van der Waals surface area contributed by atoms with Crippen molar-refractivity contribution in [2.24, 2.45) is 0 Å². The Morgan fingerprint density at radius 1 is 1.09 bits per heavy atom. The van der Waals surface area contributed by atoms with E-state index in [1.807, 2.05) is 6.07 Å². The highest BCUT2D eigenvalue weighted by Crippen LogP contribution is 2.21. The normalized spacial score (nSPS) is 13.7. The lowest BCUT2D eigenvalue weighted by atomic mass is 10.0. The van der Waals surface area contributed by atoms with E-state index in [9.17, 15) is 14.7 Å². The topological polar surface area (TPSA) is 91.3 Å². The summed E-state index contributed by atoms with van der Waals surface area (Å²) in [5, 5.41) is 16.0. The maximum absolute atomic E-state index is 12.2. The molecule has 7 heteroatoms. The zero-order valence-corrected chi connectivity index (χ0v) is 19.2. The van der Waals surface area contributed by atoms with Crippen LogP contribution >= 0.6 is 11.6 Å². The molecule has 0 bridgehead atoms. The first-order chi connectivity index (χ1) is 15.5. The van der Waals surface area contributed by atoms with Crippen molar-refractivity contribution in [3.05, 3.63) is 58.2 Å². The van der Waals surface area contributed by atoms with Crippen molar-refractivity contribution in [3.8, 4) is 0 Å². The summed E-state index contributed by atoms with van der Waals surface area (Å²) in [4.78, 5) is 28.5. The minimum Gasteiger partial charge on any atom is -0.480 e. The van der Waals surface area contributed by atoms with Crippen LogP contribution in [0.25, 0.3) is 0 Å². The molecule has 1 aliphatic heterocycles. The fraction of sp³-hybridized carbons (Fsp3) is 0.480. The van der Waals surface area contributed by atoms with Gasteiger partial charge >= 0.3 is 5.97 Å². The number of halogens is 1. The predicted molar refractivity (Wildman–Crippen MR) is 127 cm³/mol. The molecule has 2 heterocycles. The number of nitrogens with one attached hydrogen (secondary N) is 2. The second-order valence-corrected chi connectivity index (χ2v) is 8.78. The smallest absolute Gasteiger partial charge is 0.326 e. The van der Waals surface area contributed by atoms with Gasteiger partial charge in [-0.1, -0.05) is 61.5 Å². The van der Waals surface area contributed by atoms with Gasteiger partial charge < -0.3 is 15.7 Å². The van der Waals surface area contributed by atoms with Crippen LogP contribution in [0.15, 0.2) is 36.4 Å². The maximum atomic E-state index is 12.2. The van der Waals surface area contributed by atoms with Gasteiger partial charge in [0.1, 0.15) is 11.9 Å². The van der Waals surface area contributed by atoms with Crippen LogP contribution in [-0.2, 0) is 28.9 Å². The van der Waals surface area contributed by atoms with Gasteiger partial charge in [0.05, 0.1) is 6.42 Å². The summed E-state index contributed by atoms with van der Waals surface area (Å²) in [5.74, 6) is -0.271. The van der Waals surface area contributed by atoms with E-state index in [0.29, 0.717) is 17.0 Å². The van der Waals surface area contributed by atoms with Crippen molar-refractivity contribution < 1.29 is 14.7 Å². The number of amides is 1. The van der Waals surface area contributed by atoms with Gasteiger partial charge in [-0.25, -0.2) is 9.78 Å². The first kappa shape index (κ1) is 24.1. The second-order valence-electron chi connectivity index (χ2n) is 8.37. The van der Waals surface area contributed by atoms with Gasteiger partial charge in [-0.05, 0) is 55.4 Å². The number of carboxylic acid groups (broad SMARTS) is 1. The molecule has 1 aromatic heterocycles. The predicted octanol–water partition coefficient (Wildman–Crippen LogP) is 4.79. The van der Waals surface area contributed by atoms with E-state index in [1.165, 1.54) is 12.0 Å². The quantitative estimate of drug-likeness (QED) is 0.398. The van der Waals surface area contributed by atoms with E-state index in [1.54, 1.807) is 18.2 Å². The molecule has 0 radical (unpaired) electrons. The number of nitrogens with zero attached hydrogens (tertiary/aromatic N) is 1. The van der Waals surface area contributed by atoms with E-state index >= 15 is 0 Å². The number of aromatic nitrogens is 1. The van der Waals surface area contributed by atoms with Crippen molar-refractivity contribution in [1.29, 1.82) is 0 Å². The Bertz CT molecular complexity index is 919. The molecule has 3 N–H and O–H groups in total. The number of rotatable bonds is 12. The van der Waals surface area contributed by atoms with Gasteiger partial charge in [0, 0.05) is 17.3 Å². The zero-order valence-electron chi connectivity index (χ0n) is 18.4. The molecule has 0 spiro atoms. The molecule has 32 heavy (non-hydrogen) atoms. The molecule has 2 aromatic rings. The monoisotopic (exact) mass is 457 g/mol. The van der Waals surface area contributed by atoms with Crippen molar-refractivity contribution >= 4 is 29.3 Å². The third-order valence-electron chi connectivity index (χ3n) is 5.82. The third-order valence-corrected chi connectivity index (χ3v) is 6.19. The number of carbonyl (C=O) groups excluding carboxylic acids is 1. The Labute approximate surface area is 194 Å². The summed E-state index contributed by atoms with van der Waals surface area (Å²) in [7, 11) is 0. The van der Waals surface area contributed by atoms with Crippen molar-refractivity contribution in [3.63, 3.8) is 0 Å². The maximum Gasteiger partial charge on any atom is 0.326 e. The fourth-order valence-electron chi connectivity index (χ4n) is 4.01. The van der Waals surface area contributed by atoms with Crippen LogP contribution in [0.4, 0.5) is 5.82 Å². The summed E-state index contributed by atoms with van der Waals surface area (Å²) in [6.45, 7) is 1.00. The number of hydrogen-bond donors (Lipinski definition) is 3. The standard InChI is InChI=1S/C25H32ClN3O3/c26-21-12-7-6-9-19(21)17-23(30)29-22(25(31)32)13-5-3-1-2-4-11-20-15-14-18-10-8-16-27-24(18)28-20/h6-7,9,12,14-15,22H,1-5,8,10-11,13,16-17H2,(H,27,28)(H,29,30)(H,31,32)/t22-/m0/s1. The molecule has 0 aliphatic carbocycles. The molecular weight excluding hydrogens is 426 g/mol. The number of benzene rings is 1. The number of hydrogen-bond acceptors (Lipinski definition) is 4. The summed E-state index contributed by atoms with van der Waals surface area (Å²) in [6, 6.07) is 10.6. The van der Waals surface area contributed by atoms with Crippen LogP contribution in [-0.4, -0.2) is 34.6 Å². The summed E-state index contributed by atoms with van der Waals surface area (Å²) < 4.78 is 0. The van der Waals surface area contributed by atoms with Crippen LogP contribution in [0.3, 0.4) is 0 Å². The average molecular weight is 458 g/mol. The van der Waals surface area contributed by atoms with Gasteiger partial charge in [-0.15, -0.1) is 0 Å². The van der Waals surface area contributed by atoms with Gasteiger partial charge in [0.2, 0.25) is 5.91 Å². The largest absolute Gasteiger partial charge is 0.480 e. The van der Waals surface area contributed by atoms with Crippen molar-refractivity contribution in [1.82, 2.24) is 10.3 Å². The highest BCUT2D eigenvalue weighted by molar-refractivity contribution is 6.31. The molecular formula is C25H32ClN3O3. The van der Waals surface area contributed by atoms with E-state index < -0.39 is 12.0 Å². The Hall–Kier alpha value is -2.60. The Balaban J connectivity index is 1.31. The molecule has 0 unspecified atom stereocenters. The zero-order chi connectivity index (χ0) is 22.8. The average Bonchev–Trinajstić information content (AvgIpc) is 2.79. The molecule has 0 saturated heterocycles. The van der Waals surface area contributed by atoms with Gasteiger partial charge in [0.15, 0.2) is 0 Å². The molecule has 3 rings (SSSR count). The highest BCUT2D eigenvalue weighted by atomic mass is 35.5. The van der Waals surface area contributed by atoms with Crippen LogP contribution in [0.1, 0.15) is 61.8 Å². The molecule has 1 aliphatic rings. The van der Waals surface area contributed by atoms with Gasteiger partial charge in [0.25, 0.3) is 0 Å². The molecule has 1 amide bonds. The van der Waals surface area contributed by atoms with E-state index in [0.717, 1.165) is 63.0 Å². The number of anilines is 1. The molecule has 0 fully saturated rings. The van der Waals surface area contributed by atoms with Crippen molar-refractivity contribution in [2.75, 3.05) is 11.9 Å².